The van der Waals surface area contributed by atoms with Gasteiger partial charge in [0.1, 0.15) is 0 Å². The second-order valence-corrected chi connectivity index (χ2v) is 4.06. The van der Waals surface area contributed by atoms with Gasteiger partial charge in [-0.1, -0.05) is 0 Å². The van der Waals surface area contributed by atoms with Gasteiger partial charge in [-0.25, -0.2) is 4.79 Å². The van der Waals surface area contributed by atoms with Gasteiger partial charge in [0.15, 0.2) is 0 Å². The molecule has 0 aromatic heterocycles. The Bertz CT molecular complexity index is 546. The van der Waals surface area contributed by atoms with E-state index in [0.717, 1.165) is 0 Å². The summed E-state index contributed by atoms with van der Waals surface area (Å²) in [6, 6.07) is 3.32. The molecule has 9 nitrogen and oxygen atoms in total. The van der Waals surface area contributed by atoms with E-state index in [1.165, 1.54) is 18.2 Å². The van der Waals surface area contributed by atoms with Crippen molar-refractivity contribution >= 4 is 23.3 Å². The van der Waals surface area contributed by atoms with Crippen LogP contribution >= 0.6 is 0 Å². The van der Waals surface area contributed by atoms with Crippen LogP contribution in [-0.2, 0) is 0 Å². The molecule has 0 aliphatic carbocycles. The fourth-order valence-corrected chi connectivity index (χ4v) is 1.64. The first-order valence-corrected chi connectivity index (χ1v) is 6.29. The molecule has 1 aromatic rings. The number of hydrogen-bond acceptors (Lipinski definition) is 5. The highest BCUT2D eigenvalue weighted by Gasteiger charge is 2.16. The Balaban J connectivity index is 2.81. The lowest BCUT2D eigenvalue weighted by Gasteiger charge is -2.11. The van der Waals surface area contributed by atoms with Crippen LogP contribution in [0.4, 0.5) is 16.2 Å². The van der Waals surface area contributed by atoms with Crippen molar-refractivity contribution in [2.75, 3.05) is 25.0 Å². The summed E-state index contributed by atoms with van der Waals surface area (Å²) in [6.45, 7) is 2.75. The van der Waals surface area contributed by atoms with Crippen LogP contribution in [-0.4, -0.2) is 36.5 Å². The summed E-state index contributed by atoms with van der Waals surface area (Å²) in [6.07, 6.45) is 0. The van der Waals surface area contributed by atoms with Crippen molar-refractivity contribution in [1.29, 1.82) is 0 Å². The number of carbonyl (C=O) groups excluding carboxylic acids is 2. The topological polar surface area (TPSA) is 139 Å². The van der Waals surface area contributed by atoms with Crippen molar-refractivity contribution < 1.29 is 14.5 Å². The van der Waals surface area contributed by atoms with Crippen molar-refractivity contribution in [3.05, 3.63) is 33.9 Å². The lowest BCUT2D eigenvalue weighted by atomic mass is 10.1. The molecule has 21 heavy (non-hydrogen) atoms. The lowest BCUT2D eigenvalue weighted by molar-refractivity contribution is -0.384. The van der Waals surface area contributed by atoms with Crippen LogP contribution in [0.2, 0.25) is 0 Å². The number of nitrogens with two attached hydrogens (primary N) is 1. The number of non-ortho nitro benzene ring substituents is 1. The molecule has 0 aliphatic heterocycles. The van der Waals surface area contributed by atoms with E-state index in [4.69, 9.17) is 5.73 Å². The Morgan fingerprint density at radius 1 is 1.29 bits per heavy atom. The summed E-state index contributed by atoms with van der Waals surface area (Å²) in [5.41, 5.74) is 5.39. The predicted octanol–water partition coefficient (Wildman–Crippen LogP) is 0.425. The fourth-order valence-electron chi connectivity index (χ4n) is 1.64. The number of nitrogens with zero attached hydrogens (tertiary/aromatic N) is 1. The average molecular weight is 295 g/mol. The van der Waals surface area contributed by atoms with Crippen molar-refractivity contribution in [1.82, 2.24) is 10.6 Å². The molecule has 0 atom stereocenters. The third-order valence-corrected chi connectivity index (χ3v) is 2.54. The molecular weight excluding hydrogens is 278 g/mol. The van der Waals surface area contributed by atoms with Crippen molar-refractivity contribution in [2.24, 2.45) is 5.73 Å². The largest absolute Gasteiger partial charge is 0.385 e. The summed E-state index contributed by atoms with van der Waals surface area (Å²) in [5.74, 6) is -0.471. The van der Waals surface area contributed by atoms with Crippen LogP contribution < -0.4 is 21.7 Å². The minimum Gasteiger partial charge on any atom is -0.385 e. The van der Waals surface area contributed by atoms with Crippen LogP contribution in [0.3, 0.4) is 0 Å². The smallest absolute Gasteiger partial charge is 0.312 e. The van der Waals surface area contributed by atoms with E-state index in [2.05, 4.69) is 16.0 Å². The normalized spacial score (nSPS) is 9.76. The number of carbonyl (C=O) groups is 2. The molecule has 1 aromatic carbocycles. The minimum absolute atomic E-state index is 0.163. The minimum atomic E-state index is -0.687. The zero-order chi connectivity index (χ0) is 15.8. The van der Waals surface area contributed by atoms with Gasteiger partial charge in [0, 0.05) is 37.5 Å². The summed E-state index contributed by atoms with van der Waals surface area (Å²) in [5, 5.41) is 18.6. The Morgan fingerprint density at radius 3 is 2.52 bits per heavy atom. The average Bonchev–Trinajstić information content (AvgIpc) is 2.43. The number of nitrogens with one attached hydrogen (secondary N) is 3. The van der Waals surface area contributed by atoms with Crippen molar-refractivity contribution in [3.8, 4) is 0 Å². The van der Waals surface area contributed by atoms with E-state index >= 15 is 0 Å². The third kappa shape index (κ3) is 4.97. The predicted molar refractivity (Wildman–Crippen MR) is 77.2 cm³/mol. The molecule has 1 rings (SSSR count). The summed E-state index contributed by atoms with van der Waals surface area (Å²) < 4.78 is 0. The molecule has 5 N–H and O–H groups in total. The van der Waals surface area contributed by atoms with Gasteiger partial charge in [-0.05, 0) is 13.0 Å². The number of nitro groups is 1. The number of nitro benzene ring substituents is 1. The van der Waals surface area contributed by atoms with Gasteiger partial charge in [-0.3, -0.25) is 14.9 Å². The number of primary amides is 1. The number of hydrogen-bond donors (Lipinski definition) is 4. The van der Waals surface area contributed by atoms with Crippen LogP contribution in [0.1, 0.15) is 17.3 Å². The second kappa shape index (κ2) is 7.68. The Hall–Kier alpha value is -2.84. The maximum atomic E-state index is 12.0. The lowest BCUT2D eigenvalue weighted by Crippen LogP contribution is -2.37. The van der Waals surface area contributed by atoms with E-state index in [0.29, 0.717) is 12.2 Å². The molecule has 0 saturated carbocycles. The highest BCUT2D eigenvalue weighted by Crippen LogP contribution is 2.22. The number of amides is 3. The molecule has 114 valence electrons. The van der Waals surface area contributed by atoms with Gasteiger partial charge >= 0.3 is 6.03 Å². The maximum Gasteiger partial charge on any atom is 0.312 e. The molecule has 0 saturated heterocycles. The Kier molecular flexibility index (Phi) is 5.93. The first-order chi connectivity index (χ1) is 9.95. The number of benzene rings is 1. The molecule has 0 unspecified atom stereocenters. The SMILES string of the molecule is CCNc1ccc([N+](=O)[O-])cc1C(=O)NCCNC(N)=O. The van der Waals surface area contributed by atoms with E-state index in [1.54, 1.807) is 0 Å². The summed E-state index contributed by atoms with van der Waals surface area (Å²) >= 11 is 0. The Labute approximate surface area is 121 Å². The van der Waals surface area contributed by atoms with Gasteiger partial charge in [-0.15, -0.1) is 0 Å². The Morgan fingerprint density at radius 2 is 1.95 bits per heavy atom. The summed E-state index contributed by atoms with van der Waals surface area (Å²) in [7, 11) is 0. The van der Waals surface area contributed by atoms with Gasteiger partial charge in [0.25, 0.3) is 11.6 Å². The molecule has 0 aliphatic rings. The van der Waals surface area contributed by atoms with Crippen molar-refractivity contribution in [2.45, 2.75) is 6.92 Å². The summed E-state index contributed by atoms with van der Waals surface area (Å²) in [4.78, 5) is 32.7. The first kappa shape index (κ1) is 16.2. The standard InChI is InChI=1S/C12H17N5O4/c1-2-14-10-4-3-8(17(20)21)7-9(10)11(18)15-5-6-16-12(13)19/h3-4,7,14H,2,5-6H2,1H3,(H,15,18)(H3,13,16,19). The van der Waals surface area contributed by atoms with Crippen molar-refractivity contribution in [3.63, 3.8) is 0 Å². The molecule has 0 fully saturated rings. The molecular formula is C12H17N5O4. The number of rotatable bonds is 7. The molecule has 0 heterocycles. The van der Waals surface area contributed by atoms with Gasteiger partial charge in [0.05, 0.1) is 10.5 Å². The van der Waals surface area contributed by atoms with E-state index in [9.17, 15) is 19.7 Å². The van der Waals surface area contributed by atoms with Gasteiger partial charge < -0.3 is 21.7 Å². The first-order valence-electron chi connectivity index (χ1n) is 6.29. The quantitative estimate of drug-likeness (QED) is 0.328. The molecule has 0 spiro atoms. The zero-order valence-corrected chi connectivity index (χ0v) is 11.5. The molecule has 9 heteroatoms. The monoisotopic (exact) mass is 295 g/mol. The van der Waals surface area contributed by atoms with Crippen LogP contribution in [0.25, 0.3) is 0 Å². The van der Waals surface area contributed by atoms with E-state index in [1.807, 2.05) is 6.92 Å². The van der Waals surface area contributed by atoms with Crippen LogP contribution in [0, 0.1) is 10.1 Å². The molecule has 0 radical (unpaired) electrons. The fraction of sp³-hybridized carbons (Fsp3) is 0.333. The van der Waals surface area contributed by atoms with E-state index in [-0.39, 0.29) is 24.3 Å². The number of anilines is 1. The van der Waals surface area contributed by atoms with Gasteiger partial charge in [-0.2, -0.15) is 0 Å². The third-order valence-electron chi connectivity index (χ3n) is 2.54. The molecule has 3 amide bonds. The zero-order valence-electron chi connectivity index (χ0n) is 11.5. The highest BCUT2D eigenvalue weighted by atomic mass is 16.6. The van der Waals surface area contributed by atoms with E-state index < -0.39 is 16.9 Å². The molecule has 0 bridgehead atoms. The van der Waals surface area contributed by atoms with Gasteiger partial charge in [0.2, 0.25) is 0 Å². The number of urea groups is 1. The van der Waals surface area contributed by atoms with Crippen LogP contribution in [0.5, 0.6) is 0 Å². The second-order valence-electron chi connectivity index (χ2n) is 4.06. The highest BCUT2D eigenvalue weighted by molar-refractivity contribution is 6.00. The van der Waals surface area contributed by atoms with Crippen LogP contribution in [0.15, 0.2) is 18.2 Å². The maximum absolute atomic E-state index is 12.0.